The van der Waals surface area contributed by atoms with Crippen molar-refractivity contribution in [2.45, 2.75) is 58.0 Å². The molecule has 1 saturated carbocycles. The maximum absolute atomic E-state index is 11.9. The Hall–Kier alpha value is -0.370. The highest BCUT2D eigenvalue weighted by Crippen LogP contribution is 2.27. The van der Waals surface area contributed by atoms with Crippen LogP contribution in [0.5, 0.6) is 0 Å². The van der Waals surface area contributed by atoms with Crippen LogP contribution < -0.4 is 0 Å². The van der Waals surface area contributed by atoms with Crippen LogP contribution in [0.15, 0.2) is 0 Å². The SMILES string of the molecule is COC(C)(C)CC(=O)C1CCCCC1. The van der Waals surface area contributed by atoms with Gasteiger partial charge in [0.1, 0.15) is 5.78 Å². The van der Waals surface area contributed by atoms with Crippen LogP contribution in [0.2, 0.25) is 0 Å². The third-order valence-electron chi connectivity index (χ3n) is 3.21. The van der Waals surface area contributed by atoms with Gasteiger partial charge in [0.2, 0.25) is 0 Å². The number of hydrogen-bond acceptors (Lipinski definition) is 2. The Morgan fingerprint density at radius 3 is 2.36 bits per heavy atom. The molecule has 2 heteroatoms. The highest BCUT2D eigenvalue weighted by molar-refractivity contribution is 5.81. The average Bonchev–Trinajstić information content (AvgIpc) is 2.19. The van der Waals surface area contributed by atoms with Crippen molar-refractivity contribution >= 4 is 5.78 Å². The zero-order valence-electron chi connectivity index (χ0n) is 9.64. The molecule has 0 N–H and O–H groups in total. The van der Waals surface area contributed by atoms with E-state index in [0.29, 0.717) is 18.1 Å². The fourth-order valence-corrected chi connectivity index (χ4v) is 2.06. The van der Waals surface area contributed by atoms with Gasteiger partial charge in [0.15, 0.2) is 0 Å². The van der Waals surface area contributed by atoms with Gasteiger partial charge in [-0.05, 0) is 26.7 Å². The molecule has 1 fully saturated rings. The van der Waals surface area contributed by atoms with Crippen molar-refractivity contribution < 1.29 is 9.53 Å². The van der Waals surface area contributed by atoms with E-state index in [0.717, 1.165) is 12.8 Å². The molecule has 0 unspecified atom stereocenters. The van der Waals surface area contributed by atoms with Crippen molar-refractivity contribution in [2.24, 2.45) is 5.92 Å². The zero-order chi connectivity index (χ0) is 10.6. The van der Waals surface area contributed by atoms with E-state index in [9.17, 15) is 4.79 Å². The Morgan fingerprint density at radius 1 is 1.29 bits per heavy atom. The van der Waals surface area contributed by atoms with E-state index in [1.165, 1.54) is 19.3 Å². The molecule has 0 bridgehead atoms. The lowest BCUT2D eigenvalue weighted by Gasteiger charge is -2.26. The van der Waals surface area contributed by atoms with Gasteiger partial charge in [-0.15, -0.1) is 0 Å². The molecular formula is C12H22O2. The summed E-state index contributed by atoms with van der Waals surface area (Å²) in [4.78, 5) is 11.9. The topological polar surface area (TPSA) is 26.3 Å². The molecule has 0 heterocycles. The second kappa shape index (κ2) is 4.92. The Labute approximate surface area is 87.0 Å². The summed E-state index contributed by atoms with van der Waals surface area (Å²) in [6, 6.07) is 0. The number of rotatable bonds is 4. The third-order valence-corrected chi connectivity index (χ3v) is 3.21. The van der Waals surface area contributed by atoms with Gasteiger partial charge in [0, 0.05) is 19.4 Å². The maximum Gasteiger partial charge on any atom is 0.138 e. The Morgan fingerprint density at radius 2 is 1.86 bits per heavy atom. The lowest BCUT2D eigenvalue weighted by atomic mass is 9.83. The van der Waals surface area contributed by atoms with Gasteiger partial charge in [-0.25, -0.2) is 0 Å². The van der Waals surface area contributed by atoms with Crippen LogP contribution in [0.4, 0.5) is 0 Å². The molecule has 2 nitrogen and oxygen atoms in total. The number of ether oxygens (including phenoxy) is 1. The quantitative estimate of drug-likeness (QED) is 0.694. The van der Waals surface area contributed by atoms with E-state index >= 15 is 0 Å². The second-order valence-electron chi connectivity index (χ2n) is 4.94. The summed E-state index contributed by atoms with van der Waals surface area (Å²) in [6.07, 6.45) is 6.51. The van der Waals surface area contributed by atoms with E-state index in [-0.39, 0.29) is 5.60 Å². The number of methoxy groups -OCH3 is 1. The summed E-state index contributed by atoms with van der Waals surface area (Å²) in [6.45, 7) is 3.96. The molecule has 0 aromatic carbocycles. The highest BCUT2D eigenvalue weighted by atomic mass is 16.5. The number of carbonyl (C=O) groups is 1. The van der Waals surface area contributed by atoms with Crippen molar-refractivity contribution in [3.63, 3.8) is 0 Å². The third kappa shape index (κ3) is 3.41. The number of Topliss-reactive ketones (excluding diaryl/α,β-unsaturated/α-hetero) is 1. The summed E-state index contributed by atoms with van der Waals surface area (Å²) < 4.78 is 5.28. The minimum Gasteiger partial charge on any atom is -0.378 e. The van der Waals surface area contributed by atoms with Gasteiger partial charge in [-0.2, -0.15) is 0 Å². The molecular weight excluding hydrogens is 176 g/mol. The zero-order valence-corrected chi connectivity index (χ0v) is 9.64. The molecule has 1 rings (SSSR count). The molecule has 0 saturated heterocycles. The van der Waals surface area contributed by atoms with Gasteiger partial charge in [0.25, 0.3) is 0 Å². The molecule has 0 aliphatic heterocycles. The molecule has 0 spiro atoms. The van der Waals surface area contributed by atoms with Crippen molar-refractivity contribution in [1.82, 2.24) is 0 Å². The first kappa shape index (κ1) is 11.7. The predicted octanol–water partition coefficient (Wildman–Crippen LogP) is 2.95. The summed E-state index contributed by atoms with van der Waals surface area (Å²) >= 11 is 0. The molecule has 0 aromatic heterocycles. The summed E-state index contributed by atoms with van der Waals surface area (Å²) in [5.74, 6) is 0.717. The average molecular weight is 198 g/mol. The van der Waals surface area contributed by atoms with Crippen LogP contribution in [0.1, 0.15) is 52.4 Å². The summed E-state index contributed by atoms with van der Waals surface area (Å²) in [5.41, 5.74) is -0.283. The van der Waals surface area contributed by atoms with Crippen molar-refractivity contribution in [3.8, 4) is 0 Å². The lowest BCUT2D eigenvalue weighted by molar-refractivity contribution is -0.128. The molecule has 1 aliphatic rings. The van der Waals surface area contributed by atoms with Crippen LogP contribution >= 0.6 is 0 Å². The first-order valence-corrected chi connectivity index (χ1v) is 5.63. The lowest BCUT2D eigenvalue weighted by Crippen LogP contribution is -2.30. The summed E-state index contributed by atoms with van der Waals surface area (Å²) in [7, 11) is 1.67. The normalized spacial score (nSPS) is 19.6. The minimum atomic E-state index is -0.283. The smallest absolute Gasteiger partial charge is 0.138 e. The van der Waals surface area contributed by atoms with E-state index in [4.69, 9.17) is 4.74 Å². The number of ketones is 1. The summed E-state index contributed by atoms with van der Waals surface area (Å²) in [5, 5.41) is 0. The van der Waals surface area contributed by atoms with E-state index < -0.39 is 0 Å². The molecule has 0 atom stereocenters. The molecule has 0 amide bonds. The fraction of sp³-hybridized carbons (Fsp3) is 0.917. The standard InChI is InChI=1S/C12H22O2/c1-12(2,14-3)9-11(13)10-7-5-4-6-8-10/h10H,4-9H2,1-3H3. The minimum absolute atomic E-state index is 0.283. The first-order chi connectivity index (χ1) is 6.55. The number of carbonyl (C=O) groups excluding carboxylic acids is 1. The van der Waals surface area contributed by atoms with Gasteiger partial charge < -0.3 is 4.74 Å². The van der Waals surface area contributed by atoms with Gasteiger partial charge in [-0.1, -0.05) is 19.3 Å². The fourth-order valence-electron chi connectivity index (χ4n) is 2.06. The van der Waals surface area contributed by atoms with Gasteiger partial charge in [-0.3, -0.25) is 4.79 Å². The molecule has 1 aliphatic carbocycles. The second-order valence-corrected chi connectivity index (χ2v) is 4.94. The Balaban J connectivity index is 2.40. The van der Waals surface area contributed by atoms with E-state index in [1.54, 1.807) is 7.11 Å². The molecule has 0 aromatic rings. The number of hydrogen-bond donors (Lipinski definition) is 0. The van der Waals surface area contributed by atoms with Crippen LogP contribution in [0.25, 0.3) is 0 Å². The van der Waals surface area contributed by atoms with Crippen LogP contribution in [-0.4, -0.2) is 18.5 Å². The Kier molecular flexibility index (Phi) is 4.11. The van der Waals surface area contributed by atoms with Crippen molar-refractivity contribution in [2.75, 3.05) is 7.11 Å². The van der Waals surface area contributed by atoms with Crippen LogP contribution in [0.3, 0.4) is 0 Å². The van der Waals surface area contributed by atoms with E-state index in [2.05, 4.69) is 0 Å². The molecule has 0 radical (unpaired) electrons. The molecule has 82 valence electrons. The first-order valence-electron chi connectivity index (χ1n) is 5.63. The van der Waals surface area contributed by atoms with Crippen LogP contribution in [0, 0.1) is 5.92 Å². The monoisotopic (exact) mass is 198 g/mol. The van der Waals surface area contributed by atoms with E-state index in [1.807, 2.05) is 13.8 Å². The largest absolute Gasteiger partial charge is 0.378 e. The van der Waals surface area contributed by atoms with Crippen LogP contribution in [-0.2, 0) is 9.53 Å². The van der Waals surface area contributed by atoms with Crippen molar-refractivity contribution in [3.05, 3.63) is 0 Å². The maximum atomic E-state index is 11.9. The molecule has 14 heavy (non-hydrogen) atoms. The predicted molar refractivity (Wildman–Crippen MR) is 57.3 cm³/mol. The highest BCUT2D eigenvalue weighted by Gasteiger charge is 2.27. The van der Waals surface area contributed by atoms with Gasteiger partial charge >= 0.3 is 0 Å². The van der Waals surface area contributed by atoms with Gasteiger partial charge in [0.05, 0.1) is 5.60 Å². The Bertz CT molecular complexity index is 190. The van der Waals surface area contributed by atoms with Crippen molar-refractivity contribution in [1.29, 1.82) is 0 Å².